The second kappa shape index (κ2) is 25.7. The number of carbonyl (C=O) groups excluding carboxylic acids is 3. The van der Waals surface area contributed by atoms with Crippen LogP contribution in [0.3, 0.4) is 0 Å². The number of rotatable bonds is 16. The fourth-order valence-electron chi connectivity index (χ4n) is 12.2. The number of benzene rings is 1. The van der Waals surface area contributed by atoms with Crippen molar-refractivity contribution in [1.82, 2.24) is 4.98 Å². The number of aromatic nitrogens is 1. The molecule has 4 aliphatic heterocycles. The van der Waals surface area contributed by atoms with Crippen molar-refractivity contribution in [2.75, 3.05) is 38.5 Å². The van der Waals surface area contributed by atoms with Crippen molar-refractivity contribution in [2.45, 2.75) is 198 Å². The zero-order chi connectivity index (χ0) is 56.3. The van der Waals surface area contributed by atoms with Crippen molar-refractivity contribution in [1.29, 1.82) is 0 Å². The number of aliphatic hydroxyl groups is 2. The van der Waals surface area contributed by atoms with Crippen LogP contribution in [0.2, 0.25) is 10.0 Å². The van der Waals surface area contributed by atoms with E-state index < -0.39 is 119 Å². The Hall–Kier alpha value is -3.27. The molecule has 0 bridgehead atoms. The van der Waals surface area contributed by atoms with E-state index in [-0.39, 0.29) is 31.3 Å². The van der Waals surface area contributed by atoms with Crippen molar-refractivity contribution in [2.24, 2.45) is 29.6 Å². The number of thioether (sulfide) groups is 1. The lowest BCUT2D eigenvalue weighted by molar-refractivity contribution is -0.310. The average Bonchev–Trinajstić information content (AvgIpc) is 4.05. The van der Waals surface area contributed by atoms with E-state index in [1.165, 1.54) is 26.0 Å². The van der Waals surface area contributed by atoms with Crippen LogP contribution in [0.5, 0.6) is 11.5 Å². The summed E-state index contributed by atoms with van der Waals surface area (Å²) in [6, 6.07) is 5.77. The number of cyclic esters (lactones) is 1. The van der Waals surface area contributed by atoms with Gasteiger partial charge in [0.15, 0.2) is 29.7 Å². The first-order valence-corrected chi connectivity index (χ1v) is 28.9. The lowest BCUT2D eigenvalue weighted by Crippen LogP contribution is -2.59. The summed E-state index contributed by atoms with van der Waals surface area (Å²) in [7, 11) is 4.65. The second-order valence-electron chi connectivity index (χ2n) is 22.5. The maximum absolute atomic E-state index is 15.3. The molecule has 4 fully saturated rings. The fourth-order valence-corrected chi connectivity index (χ4v) is 14.1. The highest BCUT2D eigenvalue weighted by Gasteiger charge is 2.61. The van der Waals surface area contributed by atoms with Gasteiger partial charge >= 0.3 is 11.9 Å². The van der Waals surface area contributed by atoms with Gasteiger partial charge in [-0.15, -0.1) is 11.8 Å². The van der Waals surface area contributed by atoms with Crippen molar-refractivity contribution >= 4 is 58.4 Å². The van der Waals surface area contributed by atoms with Gasteiger partial charge in [0.05, 0.1) is 64.8 Å². The van der Waals surface area contributed by atoms with Gasteiger partial charge in [-0.25, -0.2) is 0 Å². The SMILES string of the molecule is COc1ccc(N(CCS[C@@H]2C(=O)O[C@@]3(C)[C@H]2[C@@H](C)C(=O)[C@H](C)C[C@@](C)(OC)[C@H](O[C@@H]2O[C@H](C)C=C[C@H]2O)[C@@H](C)[C@H](O[C@H]2C[C@@](C)(OC)[C@@H](O)[C@H](C)O2)[C@@H](C)C(=O)O[C@@H]3C)Cc2c(Cl)cncc2Cl)cc1OC1CCCC1. The number of hydrogen-bond donors (Lipinski definition) is 2. The molecule has 2 aromatic rings. The maximum Gasteiger partial charge on any atom is 0.320 e. The number of Topliss-reactive ketones (excluding diaryl/α,β-unsaturated/α-hetero) is 1. The summed E-state index contributed by atoms with van der Waals surface area (Å²) >= 11 is 14.8. The van der Waals surface area contributed by atoms with Crippen LogP contribution in [-0.2, 0) is 58.8 Å². The Morgan fingerprint density at radius 1 is 0.831 bits per heavy atom. The van der Waals surface area contributed by atoms with E-state index >= 15 is 4.79 Å². The van der Waals surface area contributed by atoms with E-state index in [0.29, 0.717) is 39.4 Å². The van der Waals surface area contributed by atoms with Crippen molar-refractivity contribution in [3.63, 3.8) is 0 Å². The molecule has 0 amide bonds. The van der Waals surface area contributed by atoms with Crippen molar-refractivity contribution in [3.05, 3.63) is 58.4 Å². The first-order chi connectivity index (χ1) is 36.4. The highest BCUT2D eigenvalue weighted by Crippen LogP contribution is 2.49. The van der Waals surface area contributed by atoms with Gasteiger partial charge in [0.25, 0.3) is 0 Å². The summed E-state index contributed by atoms with van der Waals surface area (Å²) in [4.78, 5) is 51.1. The third kappa shape index (κ3) is 13.4. The molecule has 5 aliphatic rings. The molecule has 17 nitrogen and oxygen atoms in total. The van der Waals surface area contributed by atoms with Gasteiger partial charge < -0.3 is 62.5 Å². The molecule has 3 saturated heterocycles. The van der Waals surface area contributed by atoms with E-state index in [1.54, 1.807) is 66.3 Å². The zero-order valence-corrected chi connectivity index (χ0v) is 49.2. The summed E-state index contributed by atoms with van der Waals surface area (Å²) in [6.45, 7) is 18.4. The zero-order valence-electron chi connectivity index (χ0n) is 46.9. The van der Waals surface area contributed by atoms with Gasteiger partial charge in [-0.3, -0.25) is 19.4 Å². The van der Waals surface area contributed by atoms with Crippen LogP contribution >= 0.6 is 35.0 Å². The van der Waals surface area contributed by atoms with Crippen LogP contribution in [-0.4, -0.2) is 150 Å². The maximum atomic E-state index is 15.3. The van der Waals surface area contributed by atoms with Crippen LogP contribution in [0, 0.1) is 29.6 Å². The molecule has 7 rings (SSSR count). The number of ether oxygens (including phenoxy) is 10. The Kier molecular flexibility index (Phi) is 20.5. The second-order valence-corrected chi connectivity index (χ2v) is 24.6. The Morgan fingerprint density at radius 3 is 2.16 bits per heavy atom. The molecule has 2 N–H and O–H groups in total. The lowest BCUT2D eigenvalue weighted by Gasteiger charge is -2.49. The van der Waals surface area contributed by atoms with Crippen LogP contribution in [0.25, 0.3) is 0 Å². The molecule has 0 radical (unpaired) electrons. The Balaban J connectivity index is 1.23. The van der Waals surface area contributed by atoms with Crippen molar-refractivity contribution < 1.29 is 72.0 Å². The number of nitrogens with zero attached hydrogens (tertiary/aromatic N) is 2. The number of esters is 2. The summed E-state index contributed by atoms with van der Waals surface area (Å²) in [5.74, 6) is -3.85. The predicted molar refractivity (Wildman–Crippen MR) is 292 cm³/mol. The molecular weight excluding hydrogens is 1060 g/mol. The highest BCUT2D eigenvalue weighted by atomic mass is 35.5. The Morgan fingerprint density at radius 2 is 1.51 bits per heavy atom. The Bertz CT molecular complexity index is 2380. The summed E-state index contributed by atoms with van der Waals surface area (Å²) in [5, 5.41) is 22.3. The number of fused-ring (bicyclic) bond motifs is 1. The molecule has 1 saturated carbocycles. The third-order valence-corrected chi connectivity index (χ3v) is 19.0. The molecule has 1 aliphatic carbocycles. The quantitative estimate of drug-likeness (QED) is 0.119. The minimum Gasteiger partial charge on any atom is -0.493 e. The molecule has 18 atom stereocenters. The van der Waals surface area contributed by atoms with E-state index in [1.807, 2.05) is 52.8 Å². The molecule has 0 unspecified atom stereocenters. The summed E-state index contributed by atoms with van der Waals surface area (Å²) in [6.07, 6.45) is 2.32. The minimum atomic E-state index is -1.47. The summed E-state index contributed by atoms with van der Waals surface area (Å²) in [5.41, 5.74) is -2.37. The number of aliphatic hydroxyl groups excluding tert-OH is 2. The smallest absolute Gasteiger partial charge is 0.320 e. The first kappa shape index (κ1) is 61.4. The average molecular weight is 1140 g/mol. The number of anilines is 1. The topological polar surface area (TPSA) is 200 Å². The monoisotopic (exact) mass is 1140 g/mol. The molecule has 20 heteroatoms. The molecule has 1 aromatic carbocycles. The number of carbonyl (C=O) groups is 3. The summed E-state index contributed by atoms with van der Waals surface area (Å²) < 4.78 is 63.5. The molecule has 0 spiro atoms. The fraction of sp³-hybridized carbons (Fsp3) is 0.719. The number of methoxy groups -OCH3 is 3. The standard InChI is InChI=1S/C57H82Cl2N2O15S/c1-30-25-56(9,69-13)51(75-54-42(62)20-18-31(2)70-54)33(4)48(74-45-26-55(8,68-12)50(64)35(6)71-45)34(5)52(65)72-36(7)57(10)46(32(3)47(30)63)49(53(66)76-57)77-23-22-61(29-39-40(58)27-60-28-41(39)59)37-19-21-43(67-11)44(24-37)73-38-16-14-15-17-38/h18-21,24,27-28,30-36,38,42,45-46,48-51,54,62,64H,14-17,22-23,25-26,29H2,1-13H3/t30-,31-,32-,33+,34-,35+,36-,42-,45+,46+,48+,49+,50+,51-,54+,55-,56-,57-/m1/s1. The van der Waals surface area contributed by atoms with Crippen LogP contribution in [0.1, 0.15) is 113 Å². The van der Waals surface area contributed by atoms with Gasteiger partial charge in [0.1, 0.15) is 29.3 Å². The lowest BCUT2D eigenvalue weighted by atomic mass is 9.70. The van der Waals surface area contributed by atoms with Gasteiger partial charge in [-0.1, -0.05) is 56.1 Å². The van der Waals surface area contributed by atoms with Gasteiger partial charge in [-0.2, -0.15) is 0 Å². The normalized spacial score (nSPS) is 38.4. The number of ketones is 1. The first-order valence-electron chi connectivity index (χ1n) is 27.1. The van der Waals surface area contributed by atoms with E-state index in [4.69, 9.17) is 70.6 Å². The van der Waals surface area contributed by atoms with Gasteiger partial charge in [-0.05, 0) is 92.7 Å². The van der Waals surface area contributed by atoms with E-state index in [2.05, 4.69) is 9.88 Å². The van der Waals surface area contributed by atoms with Crippen LogP contribution in [0.4, 0.5) is 5.69 Å². The molecule has 77 heavy (non-hydrogen) atoms. The predicted octanol–water partition coefficient (Wildman–Crippen LogP) is 8.95. The van der Waals surface area contributed by atoms with E-state index in [9.17, 15) is 19.8 Å². The van der Waals surface area contributed by atoms with Crippen LogP contribution < -0.4 is 14.4 Å². The highest BCUT2D eigenvalue weighted by molar-refractivity contribution is 8.00. The Labute approximate surface area is 468 Å². The van der Waals surface area contributed by atoms with Gasteiger partial charge in [0.2, 0.25) is 0 Å². The van der Waals surface area contributed by atoms with Crippen LogP contribution in [0.15, 0.2) is 42.7 Å². The molecular formula is C57H82Cl2N2O15S. The number of halogens is 2. The molecule has 430 valence electrons. The third-order valence-electron chi connectivity index (χ3n) is 17.1. The molecule has 1 aromatic heterocycles. The molecule has 5 heterocycles. The van der Waals surface area contributed by atoms with Gasteiger partial charge in [0, 0.05) is 92.9 Å². The number of hydrogen-bond acceptors (Lipinski definition) is 18. The minimum absolute atomic E-state index is 0.0684. The van der Waals surface area contributed by atoms with Crippen molar-refractivity contribution in [3.8, 4) is 11.5 Å². The van der Waals surface area contributed by atoms with E-state index in [0.717, 1.165) is 31.4 Å². The number of pyridine rings is 1. The largest absolute Gasteiger partial charge is 0.493 e.